The van der Waals surface area contributed by atoms with Crippen LogP contribution in [0.4, 0.5) is 4.79 Å². The van der Waals surface area contributed by atoms with E-state index in [-0.39, 0.29) is 11.1 Å². The Kier molecular flexibility index (Phi) is 2.48. The summed E-state index contributed by atoms with van der Waals surface area (Å²) >= 11 is 4.47. The molecule has 0 saturated heterocycles. The number of carbonyl (C=O) groups excluding carboxylic acids is 1. The summed E-state index contributed by atoms with van der Waals surface area (Å²) in [6.45, 7) is 0. The lowest BCUT2D eigenvalue weighted by Crippen LogP contribution is -2.49. The summed E-state index contributed by atoms with van der Waals surface area (Å²) in [6, 6.07) is 0.0449. The molecule has 11 heavy (non-hydrogen) atoms. The molecule has 0 spiro atoms. The van der Waals surface area contributed by atoms with Gasteiger partial charge in [0.25, 0.3) is 0 Å². The molecule has 0 aromatic heterocycles. The maximum atomic E-state index is 10.8. The summed E-state index contributed by atoms with van der Waals surface area (Å²) < 4.78 is 0. The van der Waals surface area contributed by atoms with Crippen molar-refractivity contribution in [2.45, 2.75) is 18.9 Å². The van der Waals surface area contributed by atoms with E-state index in [0.717, 1.165) is 12.8 Å². The van der Waals surface area contributed by atoms with E-state index in [4.69, 9.17) is 5.73 Å². The van der Waals surface area contributed by atoms with Gasteiger partial charge in [-0.05, 0) is 25.1 Å². The molecule has 0 radical (unpaired) electrons. The first-order chi connectivity index (χ1) is 5.18. The van der Waals surface area contributed by atoms with Crippen LogP contribution in [-0.2, 0) is 0 Å². The number of amides is 2. The van der Waals surface area contributed by atoms with Gasteiger partial charge in [-0.25, -0.2) is 10.2 Å². The van der Waals surface area contributed by atoms with E-state index in [1.807, 2.05) is 0 Å². The summed E-state index contributed by atoms with van der Waals surface area (Å²) in [6.07, 6.45) is 2.11. The van der Waals surface area contributed by atoms with Crippen molar-refractivity contribution >= 4 is 23.4 Å². The molecule has 5 N–H and O–H groups in total. The number of hydrogen-bond acceptors (Lipinski definition) is 2. The lowest BCUT2D eigenvalue weighted by molar-refractivity contribution is 0.239. The number of carbonyl (C=O) groups is 1. The third kappa shape index (κ3) is 3.61. The fourth-order valence-electron chi connectivity index (χ4n) is 0.568. The zero-order chi connectivity index (χ0) is 8.27. The number of hydrogen-bond donors (Lipinski definition) is 4. The van der Waals surface area contributed by atoms with Crippen LogP contribution in [-0.4, -0.2) is 17.2 Å². The number of urea groups is 1. The fraction of sp³-hybridized carbons (Fsp3) is 0.600. The van der Waals surface area contributed by atoms with Crippen LogP contribution < -0.4 is 21.9 Å². The number of nitrogens with two attached hydrogens (primary N) is 1. The highest BCUT2D eigenvalue weighted by Gasteiger charge is 2.22. The second-order valence-corrected chi connectivity index (χ2v) is 2.80. The van der Waals surface area contributed by atoms with E-state index in [0.29, 0.717) is 6.04 Å². The Hall–Kier alpha value is -1.04. The summed E-state index contributed by atoms with van der Waals surface area (Å²) in [5.41, 5.74) is 9.68. The Bertz CT molecular complexity index is 179. The topological polar surface area (TPSA) is 79.2 Å². The van der Waals surface area contributed by atoms with Crippen molar-refractivity contribution in [1.82, 2.24) is 16.2 Å². The second-order valence-electron chi connectivity index (χ2n) is 2.36. The van der Waals surface area contributed by atoms with Crippen LogP contribution in [0, 0.1) is 0 Å². The molecular formula is C5H10N4OS. The molecule has 62 valence electrons. The van der Waals surface area contributed by atoms with Crippen LogP contribution in [0.15, 0.2) is 0 Å². The van der Waals surface area contributed by atoms with Crippen LogP contribution >= 0.6 is 12.2 Å². The maximum Gasteiger partial charge on any atom is 0.333 e. The molecule has 1 fully saturated rings. The number of nitrogens with one attached hydrogen (secondary N) is 3. The number of rotatable bonds is 1. The minimum absolute atomic E-state index is 0.0518. The normalized spacial score (nSPS) is 15.3. The molecular weight excluding hydrogens is 164 g/mol. The molecule has 5 nitrogen and oxygen atoms in total. The summed E-state index contributed by atoms with van der Waals surface area (Å²) in [7, 11) is 0. The predicted molar refractivity (Wildman–Crippen MR) is 44.6 cm³/mol. The van der Waals surface area contributed by atoms with Crippen LogP contribution in [0.25, 0.3) is 0 Å². The third-order valence-electron chi connectivity index (χ3n) is 1.21. The predicted octanol–water partition coefficient (Wildman–Crippen LogP) is -0.804. The summed E-state index contributed by atoms with van der Waals surface area (Å²) in [5, 5.41) is 2.73. The zero-order valence-corrected chi connectivity index (χ0v) is 6.70. The summed E-state index contributed by atoms with van der Waals surface area (Å²) in [5.74, 6) is 0. The van der Waals surface area contributed by atoms with Crippen molar-refractivity contribution < 1.29 is 4.79 Å². The highest BCUT2D eigenvalue weighted by molar-refractivity contribution is 7.80. The fourth-order valence-corrected chi connectivity index (χ4v) is 0.619. The average Bonchev–Trinajstić information content (AvgIpc) is 2.67. The first kappa shape index (κ1) is 8.06. The van der Waals surface area contributed by atoms with E-state index >= 15 is 0 Å². The maximum absolute atomic E-state index is 10.8. The van der Waals surface area contributed by atoms with Gasteiger partial charge in [0.2, 0.25) is 0 Å². The zero-order valence-electron chi connectivity index (χ0n) is 5.89. The SMILES string of the molecule is NC(=S)NNC(=O)NC1CC1. The van der Waals surface area contributed by atoms with E-state index in [1.54, 1.807) is 0 Å². The van der Waals surface area contributed by atoms with Gasteiger partial charge in [-0.3, -0.25) is 5.43 Å². The minimum atomic E-state index is -0.291. The van der Waals surface area contributed by atoms with Crippen LogP contribution in [0.5, 0.6) is 0 Å². The first-order valence-corrected chi connectivity index (χ1v) is 3.71. The highest BCUT2D eigenvalue weighted by atomic mass is 32.1. The standard InChI is InChI=1S/C5H10N4OS/c6-4(11)8-9-5(10)7-3-1-2-3/h3H,1-2H2,(H3,6,8,11)(H2,7,9,10). The van der Waals surface area contributed by atoms with Crippen LogP contribution in [0.3, 0.4) is 0 Å². The first-order valence-electron chi connectivity index (χ1n) is 3.30. The molecule has 2 amide bonds. The highest BCUT2D eigenvalue weighted by Crippen LogP contribution is 2.17. The van der Waals surface area contributed by atoms with E-state index in [9.17, 15) is 4.79 Å². The summed E-state index contributed by atoms with van der Waals surface area (Å²) in [4.78, 5) is 10.8. The van der Waals surface area contributed by atoms with Crippen molar-refractivity contribution in [2.75, 3.05) is 0 Å². The van der Waals surface area contributed by atoms with Gasteiger partial charge in [0.1, 0.15) is 0 Å². The lowest BCUT2D eigenvalue weighted by Gasteiger charge is -2.06. The van der Waals surface area contributed by atoms with Crippen molar-refractivity contribution in [3.63, 3.8) is 0 Å². The van der Waals surface area contributed by atoms with E-state index < -0.39 is 0 Å². The van der Waals surface area contributed by atoms with Crippen LogP contribution in [0.2, 0.25) is 0 Å². The van der Waals surface area contributed by atoms with E-state index in [2.05, 4.69) is 28.4 Å². The average molecular weight is 174 g/mol. The van der Waals surface area contributed by atoms with Gasteiger partial charge >= 0.3 is 6.03 Å². The molecule has 1 aliphatic rings. The van der Waals surface area contributed by atoms with Gasteiger partial charge < -0.3 is 11.1 Å². The van der Waals surface area contributed by atoms with Gasteiger partial charge in [0, 0.05) is 6.04 Å². The van der Waals surface area contributed by atoms with Crippen molar-refractivity contribution in [3.05, 3.63) is 0 Å². The van der Waals surface area contributed by atoms with Gasteiger partial charge in [-0.15, -0.1) is 0 Å². The molecule has 0 bridgehead atoms. The van der Waals surface area contributed by atoms with Gasteiger partial charge in [0.15, 0.2) is 5.11 Å². The van der Waals surface area contributed by atoms with Crippen molar-refractivity contribution in [1.29, 1.82) is 0 Å². The molecule has 0 heterocycles. The largest absolute Gasteiger partial charge is 0.375 e. The molecule has 1 saturated carbocycles. The Morgan fingerprint density at radius 3 is 2.55 bits per heavy atom. The van der Waals surface area contributed by atoms with Crippen LogP contribution in [0.1, 0.15) is 12.8 Å². The smallest absolute Gasteiger partial charge is 0.333 e. The van der Waals surface area contributed by atoms with Gasteiger partial charge in [-0.1, -0.05) is 0 Å². The molecule has 0 unspecified atom stereocenters. The third-order valence-corrected chi connectivity index (χ3v) is 1.31. The number of thiocarbonyl (C=S) groups is 1. The molecule has 0 aliphatic heterocycles. The van der Waals surface area contributed by atoms with E-state index in [1.165, 1.54) is 0 Å². The van der Waals surface area contributed by atoms with Crippen molar-refractivity contribution in [3.8, 4) is 0 Å². The minimum Gasteiger partial charge on any atom is -0.375 e. The quantitative estimate of drug-likeness (QED) is 0.310. The molecule has 0 aromatic rings. The Morgan fingerprint density at radius 2 is 2.09 bits per heavy atom. The Labute approximate surface area is 69.7 Å². The lowest BCUT2D eigenvalue weighted by atomic mass is 10.7. The second kappa shape index (κ2) is 3.38. The van der Waals surface area contributed by atoms with Crippen molar-refractivity contribution in [2.24, 2.45) is 5.73 Å². The molecule has 0 aromatic carbocycles. The Balaban J connectivity index is 2.04. The molecule has 1 aliphatic carbocycles. The van der Waals surface area contributed by atoms with Gasteiger partial charge in [0.05, 0.1) is 0 Å². The van der Waals surface area contributed by atoms with Gasteiger partial charge in [-0.2, -0.15) is 0 Å². The molecule has 6 heteroatoms. The monoisotopic (exact) mass is 174 g/mol. The Morgan fingerprint density at radius 1 is 1.45 bits per heavy atom. The molecule has 1 rings (SSSR count). The molecule has 0 atom stereocenters. The number of hydrazine groups is 1.